The van der Waals surface area contributed by atoms with Gasteiger partial charge in [-0.25, -0.2) is 9.97 Å². The van der Waals surface area contributed by atoms with Crippen molar-refractivity contribution >= 4 is 39.8 Å². The van der Waals surface area contributed by atoms with Crippen LogP contribution < -0.4 is 5.32 Å². The molecule has 10 heteroatoms. The van der Waals surface area contributed by atoms with Crippen molar-refractivity contribution < 1.29 is 14.1 Å². The molecule has 0 saturated carbocycles. The summed E-state index contributed by atoms with van der Waals surface area (Å²) in [5.74, 6) is 1.83. The highest BCUT2D eigenvalue weighted by Gasteiger charge is 2.16. The molecule has 1 aromatic carbocycles. The number of benzene rings is 1. The highest BCUT2D eigenvalue weighted by atomic mass is 32.2. The van der Waals surface area contributed by atoms with E-state index in [4.69, 9.17) is 4.42 Å². The first-order valence-corrected chi connectivity index (χ1v) is 11.0. The van der Waals surface area contributed by atoms with Gasteiger partial charge >= 0.3 is 0 Å². The van der Waals surface area contributed by atoms with E-state index in [-0.39, 0.29) is 23.4 Å². The summed E-state index contributed by atoms with van der Waals surface area (Å²) < 4.78 is 6.71. The van der Waals surface area contributed by atoms with Gasteiger partial charge in [0.1, 0.15) is 5.76 Å². The maximum Gasteiger partial charge on any atom is 0.269 e. The minimum absolute atomic E-state index is 0.0366. The standard InChI is InChI=1S/C20H22N4O4S2/c1-20(2,3)9-15-10-21-17(28-15)12-29-18-11-22-19(30-18)23-16(25)8-13-5-4-6-14(7-13)24(26)27/h4-7,10-11H,8-9,12H2,1-3H3,(H,22,23,25). The molecule has 1 N–H and O–H groups in total. The largest absolute Gasteiger partial charge is 0.445 e. The molecule has 0 fully saturated rings. The molecule has 0 aliphatic heterocycles. The van der Waals surface area contributed by atoms with E-state index in [0.29, 0.717) is 22.3 Å². The molecule has 0 aliphatic carbocycles. The number of hydrogen-bond acceptors (Lipinski definition) is 8. The van der Waals surface area contributed by atoms with E-state index < -0.39 is 4.92 Å². The Morgan fingerprint density at radius 2 is 2.10 bits per heavy atom. The van der Waals surface area contributed by atoms with Gasteiger partial charge in [-0.1, -0.05) is 44.2 Å². The first-order chi connectivity index (χ1) is 14.2. The molecule has 0 spiro atoms. The van der Waals surface area contributed by atoms with Crippen LogP contribution >= 0.6 is 23.1 Å². The predicted octanol–water partition coefficient (Wildman–Crippen LogP) is 5.10. The molecule has 3 aromatic rings. The average Bonchev–Trinajstić information content (AvgIpc) is 3.28. The van der Waals surface area contributed by atoms with Gasteiger partial charge in [0.25, 0.3) is 5.69 Å². The summed E-state index contributed by atoms with van der Waals surface area (Å²) >= 11 is 2.89. The smallest absolute Gasteiger partial charge is 0.269 e. The Kier molecular flexibility index (Phi) is 6.88. The maximum atomic E-state index is 12.2. The quantitative estimate of drug-likeness (QED) is 0.291. The Hall–Kier alpha value is -2.72. The van der Waals surface area contributed by atoms with Crippen LogP contribution in [-0.4, -0.2) is 20.8 Å². The summed E-state index contributed by atoms with van der Waals surface area (Å²) in [6, 6.07) is 6.03. The van der Waals surface area contributed by atoms with Gasteiger partial charge < -0.3 is 9.73 Å². The zero-order valence-electron chi connectivity index (χ0n) is 16.9. The molecule has 0 aliphatic rings. The highest BCUT2D eigenvalue weighted by molar-refractivity contribution is 8.00. The van der Waals surface area contributed by atoms with Crippen LogP contribution in [0.15, 0.2) is 45.3 Å². The molecule has 0 bridgehead atoms. The lowest BCUT2D eigenvalue weighted by Crippen LogP contribution is -2.14. The van der Waals surface area contributed by atoms with Gasteiger partial charge in [-0.3, -0.25) is 14.9 Å². The summed E-state index contributed by atoms with van der Waals surface area (Å²) in [6.45, 7) is 6.45. The second-order valence-corrected chi connectivity index (χ2v) is 10.2. The molecule has 1 amide bonds. The van der Waals surface area contributed by atoms with E-state index in [0.717, 1.165) is 16.4 Å². The molecule has 30 heavy (non-hydrogen) atoms. The number of amides is 1. The summed E-state index contributed by atoms with van der Waals surface area (Å²) in [6.07, 6.45) is 4.33. The summed E-state index contributed by atoms with van der Waals surface area (Å²) in [7, 11) is 0. The summed E-state index contributed by atoms with van der Waals surface area (Å²) in [5.41, 5.74) is 0.674. The first-order valence-electron chi connectivity index (χ1n) is 9.23. The average molecular weight is 447 g/mol. The number of carbonyl (C=O) groups excluding carboxylic acids is 1. The molecule has 8 nitrogen and oxygen atoms in total. The topological polar surface area (TPSA) is 111 Å². The number of thiazole rings is 1. The number of carbonyl (C=O) groups is 1. The van der Waals surface area contributed by atoms with Crippen LogP contribution in [0.3, 0.4) is 0 Å². The summed E-state index contributed by atoms with van der Waals surface area (Å²) in [5, 5.41) is 14.1. The van der Waals surface area contributed by atoms with Crippen molar-refractivity contribution in [1.82, 2.24) is 9.97 Å². The molecule has 0 radical (unpaired) electrons. The first kappa shape index (κ1) is 22.0. The number of nitro groups is 1. The van der Waals surface area contributed by atoms with Crippen molar-refractivity contribution in [3.8, 4) is 0 Å². The van der Waals surface area contributed by atoms with Crippen molar-refractivity contribution in [2.75, 3.05) is 5.32 Å². The molecular formula is C20H22N4O4S2. The molecular weight excluding hydrogens is 424 g/mol. The number of thioether (sulfide) groups is 1. The van der Waals surface area contributed by atoms with E-state index in [1.54, 1.807) is 24.5 Å². The van der Waals surface area contributed by atoms with Crippen LogP contribution in [0.4, 0.5) is 10.8 Å². The Bertz CT molecular complexity index is 1040. The fourth-order valence-corrected chi connectivity index (χ4v) is 4.41. The van der Waals surface area contributed by atoms with E-state index in [1.165, 1.54) is 35.2 Å². The Balaban J connectivity index is 1.51. The van der Waals surface area contributed by atoms with Crippen molar-refractivity contribution in [2.45, 2.75) is 43.6 Å². The second-order valence-electron chi connectivity index (χ2n) is 7.88. The fraction of sp³-hybridized carbons (Fsp3) is 0.350. The number of aromatic nitrogens is 2. The van der Waals surface area contributed by atoms with Crippen molar-refractivity contribution in [2.24, 2.45) is 5.41 Å². The number of non-ortho nitro benzene ring substituents is 1. The number of anilines is 1. The highest BCUT2D eigenvalue weighted by Crippen LogP contribution is 2.31. The minimum Gasteiger partial charge on any atom is -0.445 e. The van der Waals surface area contributed by atoms with Gasteiger partial charge in [-0.05, 0) is 11.0 Å². The Morgan fingerprint density at radius 3 is 2.83 bits per heavy atom. The number of rotatable bonds is 8. The van der Waals surface area contributed by atoms with Gasteiger partial charge in [-0.15, -0.1) is 11.8 Å². The molecule has 3 rings (SSSR count). The Morgan fingerprint density at radius 1 is 1.30 bits per heavy atom. The lowest BCUT2D eigenvalue weighted by Gasteiger charge is -2.15. The molecule has 0 saturated heterocycles. The molecule has 2 aromatic heterocycles. The van der Waals surface area contributed by atoms with Crippen LogP contribution in [0.1, 0.15) is 38.0 Å². The fourth-order valence-electron chi connectivity index (χ4n) is 2.66. The Labute approximate surface area is 182 Å². The van der Waals surface area contributed by atoms with Crippen LogP contribution in [0, 0.1) is 15.5 Å². The third-order valence-electron chi connectivity index (χ3n) is 3.86. The lowest BCUT2D eigenvalue weighted by molar-refractivity contribution is -0.384. The van der Waals surface area contributed by atoms with E-state index in [9.17, 15) is 14.9 Å². The van der Waals surface area contributed by atoms with Crippen LogP contribution in [0.2, 0.25) is 0 Å². The minimum atomic E-state index is -0.480. The number of nitrogens with zero attached hydrogens (tertiary/aromatic N) is 3. The van der Waals surface area contributed by atoms with Crippen LogP contribution in [0.5, 0.6) is 0 Å². The van der Waals surface area contributed by atoms with Gasteiger partial charge in [0.2, 0.25) is 11.8 Å². The zero-order valence-corrected chi connectivity index (χ0v) is 18.5. The molecule has 0 unspecified atom stereocenters. The van der Waals surface area contributed by atoms with Crippen LogP contribution in [0.25, 0.3) is 0 Å². The summed E-state index contributed by atoms with van der Waals surface area (Å²) in [4.78, 5) is 31.1. The van der Waals surface area contributed by atoms with E-state index >= 15 is 0 Å². The van der Waals surface area contributed by atoms with Crippen molar-refractivity contribution in [3.05, 3.63) is 64.0 Å². The van der Waals surface area contributed by atoms with Gasteiger partial charge in [-0.2, -0.15) is 0 Å². The van der Waals surface area contributed by atoms with Gasteiger partial charge in [0, 0.05) is 18.6 Å². The molecule has 158 valence electrons. The number of nitro benzene ring substituents is 1. The number of nitrogens with one attached hydrogen (secondary N) is 1. The monoisotopic (exact) mass is 446 g/mol. The predicted molar refractivity (Wildman–Crippen MR) is 117 cm³/mol. The SMILES string of the molecule is CC(C)(C)Cc1cnc(CSc2cnc(NC(=O)Cc3cccc([N+](=O)[O-])c3)s2)o1. The van der Waals surface area contributed by atoms with Crippen molar-refractivity contribution in [1.29, 1.82) is 0 Å². The molecule has 2 heterocycles. The normalized spacial score (nSPS) is 11.4. The van der Waals surface area contributed by atoms with Crippen LogP contribution in [-0.2, 0) is 23.4 Å². The third kappa shape index (κ3) is 6.67. The lowest BCUT2D eigenvalue weighted by atomic mass is 9.91. The van der Waals surface area contributed by atoms with E-state index in [2.05, 4.69) is 36.1 Å². The van der Waals surface area contributed by atoms with Gasteiger partial charge in [0.05, 0.1) is 33.7 Å². The third-order valence-corrected chi connectivity index (χ3v) is 5.95. The maximum absolute atomic E-state index is 12.2. The van der Waals surface area contributed by atoms with Crippen molar-refractivity contribution in [3.63, 3.8) is 0 Å². The molecule has 0 atom stereocenters. The number of oxazole rings is 1. The number of hydrogen-bond donors (Lipinski definition) is 1. The second kappa shape index (κ2) is 9.40. The van der Waals surface area contributed by atoms with Gasteiger partial charge in [0.15, 0.2) is 5.13 Å². The van der Waals surface area contributed by atoms with E-state index in [1.807, 2.05) is 0 Å². The zero-order chi connectivity index (χ0) is 21.7.